The van der Waals surface area contributed by atoms with E-state index in [-0.39, 0.29) is 23.5 Å². The largest absolute Gasteiger partial charge is 0.421 e. The first-order chi connectivity index (χ1) is 19.2. The van der Waals surface area contributed by atoms with Gasteiger partial charge in [0.15, 0.2) is 11.6 Å². The molecule has 0 aliphatic rings. The van der Waals surface area contributed by atoms with Gasteiger partial charge in [0, 0.05) is 36.4 Å². The molecule has 40 heavy (non-hydrogen) atoms. The third-order valence-electron chi connectivity index (χ3n) is 6.59. The first-order valence-electron chi connectivity index (χ1n) is 12.2. The maximum absolute atomic E-state index is 15.5. The number of carbonyl (C=O) groups is 1. The number of nitrogens with zero attached hydrogens (tertiary/aromatic N) is 5. The van der Waals surface area contributed by atoms with Crippen LogP contribution in [-0.2, 0) is 11.8 Å². The van der Waals surface area contributed by atoms with Crippen LogP contribution in [0.5, 0.6) is 11.8 Å². The van der Waals surface area contributed by atoms with Crippen LogP contribution < -0.4 is 15.8 Å². The Morgan fingerprint density at radius 1 is 1.15 bits per heavy atom. The van der Waals surface area contributed by atoms with Gasteiger partial charge in [-0.3, -0.25) is 4.79 Å². The lowest BCUT2D eigenvalue weighted by atomic mass is 9.97. The Balaban J connectivity index is 1.67. The minimum absolute atomic E-state index is 0.0383. The summed E-state index contributed by atoms with van der Waals surface area (Å²) >= 11 is 0. The van der Waals surface area contributed by atoms with Crippen molar-refractivity contribution >= 4 is 28.3 Å². The van der Waals surface area contributed by atoms with Crippen molar-refractivity contribution in [1.82, 2.24) is 19.5 Å². The number of halogens is 1. The van der Waals surface area contributed by atoms with Gasteiger partial charge in [0.05, 0.1) is 22.2 Å². The summed E-state index contributed by atoms with van der Waals surface area (Å²) in [6, 6.07) is 13.9. The topological polar surface area (TPSA) is 132 Å². The normalized spacial score (nSPS) is 10.8. The Morgan fingerprint density at radius 2 is 1.88 bits per heavy atom. The lowest BCUT2D eigenvalue weighted by Gasteiger charge is -2.12. The van der Waals surface area contributed by atoms with Crippen LogP contribution in [0.2, 0.25) is 0 Å². The molecular formula is C30H24FN7O2. The summed E-state index contributed by atoms with van der Waals surface area (Å²) in [5.41, 5.74) is 11.9. The van der Waals surface area contributed by atoms with Crippen molar-refractivity contribution in [2.75, 3.05) is 11.1 Å². The molecule has 3 N–H and O–H groups in total. The maximum Gasteiger partial charge on any atom is 0.322 e. The average molecular weight is 534 g/mol. The zero-order chi connectivity index (χ0) is 28.6. The number of aromatic nitrogens is 4. The number of ether oxygens (including phenoxy) is 1. The molecule has 198 valence electrons. The van der Waals surface area contributed by atoms with Gasteiger partial charge in [0.2, 0.25) is 5.91 Å². The van der Waals surface area contributed by atoms with E-state index in [9.17, 15) is 10.1 Å². The molecule has 0 unspecified atom stereocenters. The average Bonchev–Trinajstić information content (AvgIpc) is 3.26. The zero-order valence-corrected chi connectivity index (χ0v) is 22.0. The summed E-state index contributed by atoms with van der Waals surface area (Å²) in [5.74, 6) is -0.808. The number of nitrogens with one attached hydrogen (secondary N) is 1. The molecule has 0 saturated carbocycles. The van der Waals surface area contributed by atoms with E-state index in [2.05, 4.69) is 32.9 Å². The number of hydrogen-bond donors (Lipinski definition) is 2. The second-order valence-electron chi connectivity index (χ2n) is 9.11. The van der Waals surface area contributed by atoms with Crippen LogP contribution in [-0.4, -0.2) is 25.4 Å². The lowest BCUT2D eigenvalue weighted by molar-refractivity contribution is -0.111. The highest BCUT2D eigenvalue weighted by Gasteiger charge is 2.24. The summed E-state index contributed by atoms with van der Waals surface area (Å²) in [7, 11) is 1.81. The minimum atomic E-state index is -0.632. The molecular weight excluding hydrogens is 509 g/mol. The third-order valence-corrected chi connectivity index (χ3v) is 6.59. The number of nitrogen functional groups attached to an aromatic ring is 1. The maximum atomic E-state index is 15.5. The smallest absolute Gasteiger partial charge is 0.322 e. The number of nitriles is 1. The molecule has 0 saturated heterocycles. The summed E-state index contributed by atoms with van der Waals surface area (Å²) in [6.45, 7) is 7.16. The van der Waals surface area contributed by atoms with Crippen LogP contribution in [0.25, 0.3) is 33.3 Å². The van der Waals surface area contributed by atoms with E-state index in [0.29, 0.717) is 39.0 Å². The molecule has 10 heteroatoms. The first-order valence-corrected chi connectivity index (χ1v) is 12.2. The zero-order valence-electron chi connectivity index (χ0n) is 22.0. The summed E-state index contributed by atoms with van der Waals surface area (Å²) in [4.78, 5) is 24.3. The second kappa shape index (κ2) is 10.3. The van der Waals surface area contributed by atoms with Gasteiger partial charge in [-0.05, 0) is 60.9 Å². The van der Waals surface area contributed by atoms with Crippen molar-refractivity contribution < 1.29 is 13.9 Å². The number of pyridine rings is 1. The van der Waals surface area contributed by atoms with Crippen molar-refractivity contribution in [3.8, 4) is 40.2 Å². The predicted molar refractivity (Wildman–Crippen MR) is 151 cm³/mol. The lowest BCUT2D eigenvalue weighted by Crippen LogP contribution is -2.06. The molecule has 0 spiro atoms. The van der Waals surface area contributed by atoms with Crippen molar-refractivity contribution in [3.63, 3.8) is 0 Å². The Morgan fingerprint density at radius 3 is 2.52 bits per heavy atom. The van der Waals surface area contributed by atoms with Crippen LogP contribution in [0.1, 0.15) is 16.8 Å². The molecule has 2 aromatic carbocycles. The first kappa shape index (κ1) is 26.1. The van der Waals surface area contributed by atoms with Crippen molar-refractivity contribution in [3.05, 3.63) is 90.2 Å². The van der Waals surface area contributed by atoms with E-state index < -0.39 is 5.82 Å². The Bertz CT molecular complexity index is 1850. The SMILES string of the molecule is C=CC(=O)Nc1ccc(-c2c(-c3ccc(Oc4ncc(C)c(C)n4)c(F)c3)c3c(N)ncc(C#N)c3n2C)cc1. The molecule has 0 bridgehead atoms. The Kier molecular flexibility index (Phi) is 6.71. The number of aryl methyl sites for hydroxylation is 3. The molecule has 5 rings (SSSR count). The van der Waals surface area contributed by atoms with Crippen LogP contribution in [0.3, 0.4) is 0 Å². The van der Waals surface area contributed by atoms with Gasteiger partial charge in [0.25, 0.3) is 0 Å². The van der Waals surface area contributed by atoms with Gasteiger partial charge < -0.3 is 20.4 Å². The van der Waals surface area contributed by atoms with Gasteiger partial charge in [-0.25, -0.2) is 14.4 Å². The fourth-order valence-corrected chi connectivity index (χ4v) is 4.51. The number of amides is 1. The highest BCUT2D eigenvalue weighted by molar-refractivity contribution is 6.10. The van der Waals surface area contributed by atoms with Crippen molar-refractivity contribution in [2.45, 2.75) is 13.8 Å². The molecule has 5 aromatic rings. The fourth-order valence-electron chi connectivity index (χ4n) is 4.51. The Labute approximate surface area is 229 Å². The van der Waals surface area contributed by atoms with Gasteiger partial charge in [-0.2, -0.15) is 10.2 Å². The molecule has 0 atom stereocenters. The standard InChI is InChI=1S/C30H24FN7O2/c1-5-24(39)37-21-9-6-18(7-10-21)27-25(26-28(38(27)4)20(13-32)15-34-29(26)33)19-8-11-23(22(31)12-19)40-30-35-14-16(2)17(3)36-30/h5-12,14-15H,1H2,2-4H3,(H2,33,34)(H,37,39). The van der Waals surface area contributed by atoms with E-state index in [1.807, 2.05) is 30.5 Å². The third kappa shape index (κ3) is 4.61. The highest BCUT2D eigenvalue weighted by atomic mass is 19.1. The van der Waals surface area contributed by atoms with Crippen LogP contribution in [0.15, 0.2) is 67.5 Å². The van der Waals surface area contributed by atoms with Crippen LogP contribution in [0, 0.1) is 31.0 Å². The number of rotatable bonds is 6. The number of nitrogens with two attached hydrogens (primary N) is 1. The molecule has 0 aliphatic heterocycles. The highest BCUT2D eigenvalue weighted by Crippen LogP contribution is 2.44. The number of anilines is 2. The number of benzene rings is 2. The van der Waals surface area contributed by atoms with Gasteiger partial charge in [0.1, 0.15) is 11.9 Å². The molecule has 0 aliphatic carbocycles. The van der Waals surface area contributed by atoms with Gasteiger partial charge in [-0.1, -0.05) is 24.8 Å². The number of hydrogen-bond acceptors (Lipinski definition) is 7. The van der Waals surface area contributed by atoms with Crippen molar-refractivity contribution in [2.24, 2.45) is 7.05 Å². The second-order valence-corrected chi connectivity index (χ2v) is 9.11. The van der Waals surface area contributed by atoms with E-state index in [4.69, 9.17) is 10.5 Å². The number of carbonyl (C=O) groups excluding carboxylic acids is 1. The molecule has 0 radical (unpaired) electrons. The van der Waals surface area contributed by atoms with Crippen LogP contribution in [0.4, 0.5) is 15.9 Å². The fraction of sp³-hybridized carbons (Fsp3) is 0.100. The monoisotopic (exact) mass is 533 g/mol. The van der Waals surface area contributed by atoms with E-state index in [0.717, 1.165) is 16.8 Å². The quantitative estimate of drug-likeness (QED) is 0.263. The molecule has 3 aromatic heterocycles. The Hall–Kier alpha value is -5.56. The summed E-state index contributed by atoms with van der Waals surface area (Å²) in [5, 5.41) is 13.0. The molecule has 9 nitrogen and oxygen atoms in total. The summed E-state index contributed by atoms with van der Waals surface area (Å²) in [6.07, 6.45) is 4.21. The van der Waals surface area contributed by atoms with Gasteiger partial charge in [-0.15, -0.1) is 0 Å². The van der Waals surface area contributed by atoms with Crippen LogP contribution >= 0.6 is 0 Å². The van der Waals surface area contributed by atoms with Crippen molar-refractivity contribution in [1.29, 1.82) is 5.26 Å². The molecule has 1 amide bonds. The minimum Gasteiger partial charge on any atom is -0.421 e. The molecule has 3 heterocycles. The van der Waals surface area contributed by atoms with E-state index in [1.54, 1.807) is 31.4 Å². The predicted octanol–water partition coefficient (Wildman–Crippen LogP) is 5.82. The summed E-state index contributed by atoms with van der Waals surface area (Å²) < 4.78 is 22.9. The van der Waals surface area contributed by atoms with E-state index in [1.165, 1.54) is 24.4 Å². The molecule has 0 fully saturated rings. The number of fused-ring (bicyclic) bond motifs is 1. The van der Waals surface area contributed by atoms with E-state index >= 15 is 4.39 Å². The van der Waals surface area contributed by atoms with Gasteiger partial charge >= 0.3 is 6.01 Å².